The molecule has 1 heterocycles. The summed E-state index contributed by atoms with van der Waals surface area (Å²) in [6.45, 7) is 1.88. The standard InChI is InChI=1S/C17H16O4S/c1-12-6-5-9-17-14(12)10-13(22(17,18)19)11-21-16-8-4-3-7-15(16)20-2/h3-10H,11H2,1-2H3. The van der Waals surface area contributed by atoms with E-state index in [1.54, 1.807) is 37.5 Å². The van der Waals surface area contributed by atoms with Crippen LogP contribution in [0.25, 0.3) is 6.08 Å². The van der Waals surface area contributed by atoms with Gasteiger partial charge in [-0.1, -0.05) is 24.3 Å². The number of rotatable bonds is 4. The molecular formula is C17H16O4S. The summed E-state index contributed by atoms with van der Waals surface area (Å²) >= 11 is 0. The van der Waals surface area contributed by atoms with Gasteiger partial charge in [-0.3, -0.25) is 0 Å². The highest BCUT2D eigenvalue weighted by molar-refractivity contribution is 7.95. The Morgan fingerprint density at radius 1 is 1.00 bits per heavy atom. The summed E-state index contributed by atoms with van der Waals surface area (Å²) in [5.41, 5.74) is 1.69. The largest absolute Gasteiger partial charge is 0.493 e. The van der Waals surface area contributed by atoms with Crippen LogP contribution in [-0.2, 0) is 9.84 Å². The molecule has 0 spiro atoms. The number of benzene rings is 2. The maximum Gasteiger partial charge on any atom is 0.206 e. The third-order valence-corrected chi connectivity index (χ3v) is 5.52. The van der Waals surface area contributed by atoms with Crippen molar-refractivity contribution in [3.63, 3.8) is 0 Å². The van der Waals surface area contributed by atoms with Crippen LogP contribution in [0.3, 0.4) is 0 Å². The molecular weight excluding hydrogens is 300 g/mol. The van der Waals surface area contributed by atoms with Crippen LogP contribution < -0.4 is 9.47 Å². The van der Waals surface area contributed by atoms with Crippen LogP contribution in [0.1, 0.15) is 11.1 Å². The molecule has 114 valence electrons. The van der Waals surface area contributed by atoms with E-state index in [1.165, 1.54) is 0 Å². The quantitative estimate of drug-likeness (QED) is 0.869. The average Bonchev–Trinajstić information content (AvgIpc) is 2.78. The first kappa shape index (κ1) is 14.7. The fourth-order valence-electron chi connectivity index (χ4n) is 2.46. The molecule has 3 rings (SSSR count). The molecule has 1 aliphatic heterocycles. The minimum Gasteiger partial charge on any atom is -0.493 e. The smallest absolute Gasteiger partial charge is 0.206 e. The number of para-hydroxylation sites is 2. The van der Waals surface area contributed by atoms with E-state index in [4.69, 9.17) is 9.47 Å². The minimum absolute atomic E-state index is 0.0170. The Morgan fingerprint density at radius 2 is 1.73 bits per heavy atom. The lowest BCUT2D eigenvalue weighted by Crippen LogP contribution is -2.09. The van der Waals surface area contributed by atoms with Crippen LogP contribution in [-0.4, -0.2) is 22.1 Å². The van der Waals surface area contributed by atoms with E-state index in [9.17, 15) is 8.42 Å². The summed E-state index contributed by atoms with van der Waals surface area (Å²) in [6, 6.07) is 12.4. The first-order valence-electron chi connectivity index (χ1n) is 6.85. The molecule has 0 atom stereocenters. The molecule has 0 aromatic heterocycles. The maximum atomic E-state index is 12.5. The van der Waals surface area contributed by atoms with Crippen LogP contribution in [0, 0.1) is 6.92 Å². The summed E-state index contributed by atoms with van der Waals surface area (Å²) in [5, 5.41) is 0. The van der Waals surface area contributed by atoms with Gasteiger partial charge in [-0.15, -0.1) is 0 Å². The molecule has 22 heavy (non-hydrogen) atoms. The van der Waals surface area contributed by atoms with Crippen LogP contribution in [0.15, 0.2) is 52.3 Å². The zero-order valence-corrected chi connectivity index (χ0v) is 13.2. The van der Waals surface area contributed by atoms with Crippen molar-refractivity contribution in [1.29, 1.82) is 0 Å². The van der Waals surface area contributed by atoms with Gasteiger partial charge in [-0.2, -0.15) is 0 Å². The number of methoxy groups -OCH3 is 1. The van der Waals surface area contributed by atoms with Crippen LogP contribution in [0.4, 0.5) is 0 Å². The van der Waals surface area contributed by atoms with E-state index in [1.807, 2.05) is 25.1 Å². The second-order valence-corrected chi connectivity index (χ2v) is 7.01. The van der Waals surface area contributed by atoms with Crippen molar-refractivity contribution >= 4 is 15.9 Å². The Labute approximate surface area is 129 Å². The van der Waals surface area contributed by atoms with Crippen LogP contribution >= 0.6 is 0 Å². The molecule has 0 saturated heterocycles. The highest BCUT2D eigenvalue weighted by atomic mass is 32.2. The maximum absolute atomic E-state index is 12.5. The SMILES string of the molecule is COc1ccccc1OCC1=Cc2c(C)cccc2S1(=O)=O. The Kier molecular flexibility index (Phi) is 3.66. The molecule has 0 N–H and O–H groups in total. The van der Waals surface area contributed by atoms with Crippen molar-refractivity contribution in [3.05, 3.63) is 58.5 Å². The van der Waals surface area contributed by atoms with E-state index in [-0.39, 0.29) is 11.5 Å². The van der Waals surface area contributed by atoms with Gasteiger partial charge in [-0.25, -0.2) is 8.42 Å². The highest BCUT2D eigenvalue weighted by Crippen LogP contribution is 2.35. The summed E-state index contributed by atoms with van der Waals surface area (Å²) in [6.07, 6.45) is 1.69. The van der Waals surface area contributed by atoms with Crippen LogP contribution in [0.2, 0.25) is 0 Å². The third-order valence-electron chi connectivity index (χ3n) is 3.66. The number of hydrogen-bond donors (Lipinski definition) is 0. The molecule has 0 saturated carbocycles. The number of fused-ring (bicyclic) bond motifs is 1. The molecule has 0 aliphatic carbocycles. The van der Waals surface area contributed by atoms with E-state index in [2.05, 4.69) is 0 Å². The number of hydrogen-bond acceptors (Lipinski definition) is 4. The Bertz CT molecular complexity index is 851. The Balaban J connectivity index is 1.89. The van der Waals surface area contributed by atoms with Crippen molar-refractivity contribution in [2.45, 2.75) is 11.8 Å². The summed E-state index contributed by atoms with van der Waals surface area (Å²) in [5.74, 6) is 1.10. The molecule has 0 radical (unpaired) electrons. The van der Waals surface area contributed by atoms with Gasteiger partial charge in [0.1, 0.15) is 6.61 Å². The van der Waals surface area contributed by atoms with Crippen molar-refractivity contribution in [2.24, 2.45) is 0 Å². The zero-order valence-electron chi connectivity index (χ0n) is 12.4. The van der Waals surface area contributed by atoms with Gasteiger partial charge in [0, 0.05) is 0 Å². The fourth-order valence-corrected chi connectivity index (χ4v) is 4.00. The van der Waals surface area contributed by atoms with E-state index >= 15 is 0 Å². The second-order valence-electron chi connectivity index (χ2n) is 5.04. The summed E-state index contributed by atoms with van der Waals surface area (Å²) in [4.78, 5) is 0.619. The normalized spacial score (nSPS) is 15.1. The van der Waals surface area contributed by atoms with Crippen molar-refractivity contribution in [1.82, 2.24) is 0 Å². The van der Waals surface area contributed by atoms with Crippen LogP contribution in [0.5, 0.6) is 11.5 Å². The van der Waals surface area contributed by atoms with Crippen molar-refractivity contribution < 1.29 is 17.9 Å². The van der Waals surface area contributed by atoms with Gasteiger partial charge < -0.3 is 9.47 Å². The van der Waals surface area contributed by atoms with E-state index < -0.39 is 9.84 Å². The first-order chi connectivity index (χ1) is 10.5. The lowest BCUT2D eigenvalue weighted by Gasteiger charge is -2.10. The van der Waals surface area contributed by atoms with E-state index in [0.717, 1.165) is 11.1 Å². The second kappa shape index (κ2) is 5.50. The molecule has 0 bridgehead atoms. The zero-order chi connectivity index (χ0) is 15.7. The average molecular weight is 316 g/mol. The molecule has 4 nitrogen and oxygen atoms in total. The molecule has 2 aromatic carbocycles. The lowest BCUT2D eigenvalue weighted by atomic mass is 10.1. The van der Waals surface area contributed by atoms with Gasteiger partial charge in [-0.05, 0) is 42.3 Å². The predicted octanol–water partition coefficient (Wildman–Crippen LogP) is 3.21. The molecule has 0 amide bonds. The fraction of sp³-hybridized carbons (Fsp3) is 0.176. The number of aryl methyl sites for hydroxylation is 1. The van der Waals surface area contributed by atoms with E-state index in [0.29, 0.717) is 16.4 Å². The van der Waals surface area contributed by atoms with Gasteiger partial charge in [0.2, 0.25) is 9.84 Å². The lowest BCUT2D eigenvalue weighted by molar-refractivity contribution is 0.324. The summed E-state index contributed by atoms with van der Waals surface area (Å²) < 4.78 is 35.9. The molecule has 1 aliphatic rings. The Hall–Kier alpha value is -2.27. The van der Waals surface area contributed by atoms with Gasteiger partial charge in [0.05, 0.1) is 16.9 Å². The molecule has 2 aromatic rings. The van der Waals surface area contributed by atoms with Gasteiger partial charge in [0.25, 0.3) is 0 Å². The first-order valence-corrected chi connectivity index (χ1v) is 8.33. The number of sulfone groups is 1. The third kappa shape index (κ3) is 2.37. The van der Waals surface area contributed by atoms with Crippen molar-refractivity contribution in [3.8, 4) is 11.5 Å². The highest BCUT2D eigenvalue weighted by Gasteiger charge is 2.30. The van der Waals surface area contributed by atoms with Crippen molar-refractivity contribution in [2.75, 3.05) is 13.7 Å². The Morgan fingerprint density at radius 3 is 2.41 bits per heavy atom. The topological polar surface area (TPSA) is 52.6 Å². The van der Waals surface area contributed by atoms with Gasteiger partial charge >= 0.3 is 0 Å². The predicted molar refractivity (Wildman–Crippen MR) is 84.8 cm³/mol. The monoisotopic (exact) mass is 316 g/mol. The summed E-state index contributed by atoms with van der Waals surface area (Å²) in [7, 11) is -1.91. The molecule has 5 heteroatoms. The molecule has 0 fully saturated rings. The minimum atomic E-state index is -3.46. The molecule has 0 unspecified atom stereocenters. The number of ether oxygens (including phenoxy) is 2. The van der Waals surface area contributed by atoms with Gasteiger partial charge in [0.15, 0.2) is 11.5 Å².